The van der Waals surface area contributed by atoms with E-state index in [9.17, 15) is 0 Å². The number of hydrogen-bond donors (Lipinski definition) is 2. The summed E-state index contributed by atoms with van der Waals surface area (Å²) in [5.41, 5.74) is 5.52. The van der Waals surface area contributed by atoms with Gasteiger partial charge in [-0.2, -0.15) is 0 Å². The van der Waals surface area contributed by atoms with Crippen LogP contribution in [0.2, 0.25) is 0 Å². The zero-order valence-electron chi connectivity index (χ0n) is 8.47. The summed E-state index contributed by atoms with van der Waals surface area (Å²) in [7, 11) is 0. The van der Waals surface area contributed by atoms with Crippen molar-refractivity contribution in [1.29, 1.82) is 0 Å². The molecule has 3 N–H and O–H groups in total. The Bertz CT molecular complexity index is 185. The second-order valence-corrected chi connectivity index (χ2v) is 3.63. The van der Waals surface area contributed by atoms with Crippen molar-refractivity contribution < 1.29 is 4.74 Å². The highest BCUT2D eigenvalue weighted by molar-refractivity contribution is 5.77. The van der Waals surface area contributed by atoms with Gasteiger partial charge in [-0.05, 0) is 26.7 Å². The fraction of sp³-hybridized carbons (Fsp3) is 0.889. The summed E-state index contributed by atoms with van der Waals surface area (Å²) in [5, 5.41) is 2.96. The van der Waals surface area contributed by atoms with Gasteiger partial charge in [0.05, 0.1) is 12.1 Å². The van der Waals surface area contributed by atoms with Gasteiger partial charge in [0.15, 0.2) is 5.96 Å². The Morgan fingerprint density at radius 3 is 3.00 bits per heavy atom. The zero-order chi connectivity index (χ0) is 9.73. The Balaban J connectivity index is 2.35. The van der Waals surface area contributed by atoms with E-state index in [1.807, 2.05) is 6.92 Å². The van der Waals surface area contributed by atoms with Crippen LogP contribution in [0.25, 0.3) is 0 Å². The van der Waals surface area contributed by atoms with Gasteiger partial charge in [0.1, 0.15) is 0 Å². The number of aliphatic imine (C=N–C) groups is 1. The van der Waals surface area contributed by atoms with Crippen molar-refractivity contribution in [3.8, 4) is 0 Å². The highest BCUT2D eigenvalue weighted by atomic mass is 16.5. The van der Waals surface area contributed by atoms with E-state index >= 15 is 0 Å². The number of rotatable bonds is 3. The van der Waals surface area contributed by atoms with Gasteiger partial charge in [-0.3, -0.25) is 4.99 Å². The zero-order valence-corrected chi connectivity index (χ0v) is 8.47. The van der Waals surface area contributed by atoms with Crippen LogP contribution in [0.1, 0.15) is 26.7 Å². The highest BCUT2D eigenvalue weighted by Gasteiger charge is 2.29. The predicted molar refractivity (Wildman–Crippen MR) is 53.8 cm³/mol. The molecule has 0 radical (unpaired) electrons. The van der Waals surface area contributed by atoms with Crippen molar-refractivity contribution in [1.82, 2.24) is 5.32 Å². The lowest BCUT2D eigenvalue weighted by atomic mass is 10.0. The van der Waals surface area contributed by atoms with E-state index in [1.54, 1.807) is 0 Å². The van der Waals surface area contributed by atoms with E-state index < -0.39 is 0 Å². The van der Waals surface area contributed by atoms with Crippen LogP contribution < -0.4 is 11.1 Å². The first kappa shape index (κ1) is 10.3. The molecule has 0 aromatic rings. The topological polar surface area (TPSA) is 59.6 Å². The first-order valence-corrected chi connectivity index (χ1v) is 4.84. The van der Waals surface area contributed by atoms with Crippen LogP contribution in [0.3, 0.4) is 0 Å². The molecule has 4 heteroatoms. The maximum absolute atomic E-state index is 5.60. The van der Waals surface area contributed by atoms with Gasteiger partial charge in [-0.1, -0.05) is 0 Å². The number of ether oxygens (including phenoxy) is 1. The number of guanidine groups is 1. The molecule has 13 heavy (non-hydrogen) atoms. The van der Waals surface area contributed by atoms with Crippen molar-refractivity contribution >= 4 is 5.96 Å². The number of nitrogens with zero attached hydrogens (tertiary/aromatic N) is 1. The smallest absolute Gasteiger partial charge is 0.188 e. The SMILES string of the molecule is CCNC(N)=NCC1(C)CCCO1. The summed E-state index contributed by atoms with van der Waals surface area (Å²) in [6, 6.07) is 0. The molecule has 1 fully saturated rings. The van der Waals surface area contributed by atoms with Crippen LogP contribution in [0.5, 0.6) is 0 Å². The molecule has 0 aromatic heterocycles. The highest BCUT2D eigenvalue weighted by Crippen LogP contribution is 2.24. The monoisotopic (exact) mass is 185 g/mol. The van der Waals surface area contributed by atoms with Gasteiger partial charge in [0.25, 0.3) is 0 Å². The summed E-state index contributed by atoms with van der Waals surface area (Å²) in [6.07, 6.45) is 2.21. The Kier molecular flexibility index (Phi) is 3.54. The number of nitrogens with two attached hydrogens (primary N) is 1. The van der Waals surface area contributed by atoms with Crippen LogP contribution in [0.15, 0.2) is 4.99 Å². The average molecular weight is 185 g/mol. The van der Waals surface area contributed by atoms with Gasteiger partial charge >= 0.3 is 0 Å². The lowest BCUT2D eigenvalue weighted by Crippen LogP contribution is -2.34. The van der Waals surface area contributed by atoms with E-state index in [-0.39, 0.29) is 5.60 Å². The summed E-state index contributed by atoms with van der Waals surface area (Å²) in [4.78, 5) is 4.23. The molecule has 1 unspecified atom stereocenters. The Morgan fingerprint density at radius 1 is 1.69 bits per heavy atom. The quantitative estimate of drug-likeness (QED) is 0.496. The Morgan fingerprint density at radius 2 is 2.46 bits per heavy atom. The van der Waals surface area contributed by atoms with Crippen molar-refractivity contribution in [2.24, 2.45) is 10.7 Å². The number of nitrogens with one attached hydrogen (secondary N) is 1. The summed E-state index contributed by atoms with van der Waals surface area (Å²) < 4.78 is 5.58. The molecular weight excluding hydrogens is 166 g/mol. The Labute approximate surface area is 79.6 Å². The lowest BCUT2D eigenvalue weighted by Gasteiger charge is -2.20. The summed E-state index contributed by atoms with van der Waals surface area (Å²) >= 11 is 0. The fourth-order valence-corrected chi connectivity index (χ4v) is 1.45. The minimum atomic E-state index is -0.0833. The molecule has 1 aliphatic rings. The molecule has 1 atom stereocenters. The van der Waals surface area contributed by atoms with Crippen LogP contribution in [0, 0.1) is 0 Å². The molecule has 76 valence electrons. The van der Waals surface area contributed by atoms with Crippen LogP contribution in [-0.4, -0.2) is 31.3 Å². The summed E-state index contributed by atoms with van der Waals surface area (Å²) in [6.45, 7) is 6.41. The van der Waals surface area contributed by atoms with Crippen molar-refractivity contribution in [3.05, 3.63) is 0 Å². The van der Waals surface area contributed by atoms with E-state index in [0.717, 1.165) is 26.0 Å². The third-order valence-electron chi connectivity index (χ3n) is 2.24. The molecule has 0 aromatic carbocycles. The molecule has 1 rings (SSSR count). The van der Waals surface area contributed by atoms with Gasteiger partial charge < -0.3 is 15.8 Å². The molecule has 1 aliphatic heterocycles. The van der Waals surface area contributed by atoms with E-state index in [0.29, 0.717) is 12.5 Å². The largest absolute Gasteiger partial charge is 0.373 e. The van der Waals surface area contributed by atoms with E-state index in [1.165, 1.54) is 0 Å². The molecule has 4 nitrogen and oxygen atoms in total. The van der Waals surface area contributed by atoms with E-state index in [2.05, 4.69) is 17.2 Å². The van der Waals surface area contributed by atoms with Crippen LogP contribution >= 0.6 is 0 Å². The predicted octanol–water partition coefficient (Wildman–Crippen LogP) is 0.480. The van der Waals surface area contributed by atoms with Crippen LogP contribution in [0.4, 0.5) is 0 Å². The molecule has 1 saturated heterocycles. The van der Waals surface area contributed by atoms with Crippen molar-refractivity contribution in [3.63, 3.8) is 0 Å². The third kappa shape index (κ3) is 3.22. The van der Waals surface area contributed by atoms with Gasteiger partial charge in [-0.15, -0.1) is 0 Å². The standard InChI is InChI=1S/C9H19N3O/c1-3-11-8(10)12-7-9(2)5-4-6-13-9/h3-7H2,1-2H3,(H3,10,11,12). The number of hydrogen-bond acceptors (Lipinski definition) is 2. The second kappa shape index (κ2) is 4.46. The van der Waals surface area contributed by atoms with Gasteiger partial charge in [0, 0.05) is 13.2 Å². The maximum atomic E-state index is 5.60. The molecule has 1 heterocycles. The molecule has 0 amide bonds. The molecule has 0 saturated carbocycles. The normalized spacial score (nSPS) is 29.2. The molecule has 0 aliphatic carbocycles. The van der Waals surface area contributed by atoms with Gasteiger partial charge in [0.2, 0.25) is 0 Å². The first-order chi connectivity index (χ1) is 6.16. The first-order valence-electron chi connectivity index (χ1n) is 4.84. The second-order valence-electron chi connectivity index (χ2n) is 3.63. The fourth-order valence-electron chi connectivity index (χ4n) is 1.45. The van der Waals surface area contributed by atoms with Crippen LogP contribution in [-0.2, 0) is 4.74 Å². The maximum Gasteiger partial charge on any atom is 0.188 e. The summed E-state index contributed by atoms with van der Waals surface area (Å²) in [5.74, 6) is 0.513. The average Bonchev–Trinajstić information content (AvgIpc) is 2.51. The Hall–Kier alpha value is -0.770. The molecule has 0 spiro atoms. The lowest BCUT2D eigenvalue weighted by molar-refractivity contribution is 0.0284. The molecular formula is C9H19N3O. The van der Waals surface area contributed by atoms with E-state index in [4.69, 9.17) is 10.5 Å². The van der Waals surface area contributed by atoms with Crippen molar-refractivity contribution in [2.45, 2.75) is 32.3 Å². The molecule has 0 bridgehead atoms. The van der Waals surface area contributed by atoms with Gasteiger partial charge in [-0.25, -0.2) is 0 Å². The minimum absolute atomic E-state index is 0.0833. The minimum Gasteiger partial charge on any atom is -0.373 e. The van der Waals surface area contributed by atoms with Crippen molar-refractivity contribution in [2.75, 3.05) is 19.7 Å². The third-order valence-corrected chi connectivity index (χ3v) is 2.24.